The van der Waals surface area contributed by atoms with E-state index in [1.807, 2.05) is 28.0 Å². The van der Waals surface area contributed by atoms with E-state index >= 15 is 0 Å². The number of hydrogen-bond donors (Lipinski definition) is 2. The van der Waals surface area contributed by atoms with E-state index in [2.05, 4.69) is 6.92 Å². The molecular weight excluding hydrogens is 526 g/mol. The smallest absolute Gasteiger partial charge is 0.326 e. The van der Waals surface area contributed by atoms with Crippen LogP contribution < -0.4 is 10.5 Å². The number of imide groups is 1. The van der Waals surface area contributed by atoms with Crippen LogP contribution in [0.2, 0.25) is 0 Å². The molecule has 4 amide bonds. The predicted molar refractivity (Wildman–Crippen MR) is 154 cm³/mol. The van der Waals surface area contributed by atoms with Gasteiger partial charge in [-0.1, -0.05) is 25.5 Å². The molecule has 11 heteroatoms. The van der Waals surface area contributed by atoms with Crippen LogP contribution in [0.15, 0.2) is 18.2 Å². The molecule has 3 atom stereocenters. The van der Waals surface area contributed by atoms with E-state index in [0.717, 1.165) is 49.0 Å². The number of unbranched alkanes of at least 4 members (excludes halogenated alkanes) is 2. The first-order chi connectivity index (χ1) is 19.7. The van der Waals surface area contributed by atoms with Crippen molar-refractivity contribution in [1.82, 2.24) is 19.6 Å². The quantitative estimate of drug-likeness (QED) is 0.324. The highest BCUT2D eigenvalue weighted by atomic mass is 16.5. The van der Waals surface area contributed by atoms with Gasteiger partial charge in [-0.15, -0.1) is 0 Å². The van der Waals surface area contributed by atoms with E-state index in [1.54, 1.807) is 7.05 Å². The SMILES string of the molecule is CCCCN(CCCCN)C(=O)CN1C[C@H](c2ccc3c(c2)CCO3)C(C(=O)O)[C@@H]1CCN1C(=O)CCN(C)C1=O. The zero-order valence-corrected chi connectivity index (χ0v) is 24.4. The Morgan fingerprint density at radius 1 is 1.15 bits per heavy atom. The Morgan fingerprint density at radius 2 is 1.93 bits per heavy atom. The number of carboxylic acids is 1. The lowest BCUT2D eigenvalue weighted by Gasteiger charge is -2.34. The Morgan fingerprint density at radius 3 is 2.66 bits per heavy atom. The number of ether oxygens (including phenoxy) is 1. The summed E-state index contributed by atoms with van der Waals surface area (Å²) in [4.78, 5) is 58.4. The van der Waals surface area contributed by atoms with Crippen LogP contribution in [0.5, 0.6) is 5.75 Å². The van der Waals surface area contributed by atoms with E-state index in [4.69, 9.17) is 10.5 Å². The van der Waals surface area contributed by atoms with Gasteiger partial charge in [0.25, 0.3) is 0 Å². The number of carbonyl (C=O) groups excluding carboxylic acids is 3. The van der Waals surface area contributed by atoms with Crippen molar-refractivity contribution in [3.05, 3.63) is 29.3 Å². The number of amides is 4. The summed E-state index contributed by atoms with van der Waals surface area (Å²) in [6.07, 6.45) is 4.81. The second-order valence-corrected chi connectivity index (χ2v) is 11.5. The molecule has 1 aromatic rings. The van der Waals surface area contributed by atoms with E-state index < -0.39 is 17.9 Å². The highest BCUT2D eigenvalue weighted by Crippen LogP contribution is 2.41. The van der Waals surface area contributed by atoms with Gasteiger partial charge in [-0.25, -0.2) is 4.79 Å². The van der Waals surface area contributed by atoms with E-state index in [1.165, 1.54) is 9.80 Å². The van der Waals surface area contributed by atoms with Crippen molar-refractivity contribution in [2.75, 3.05) is 59.5 Å². The number of carboxylic acid groups (broad SMARTS) is 1. The summed E-state index contributed by atoms with van der Waals surface area (Å²) in [7, 11) is 1.66. The summed E-state index contributed by atoms with van der Waals surface area (Å²) in [5, 5.41) is 10.5. The molecule has 3 heterocycles. The molecule has 2 fully saturated rings. The molecule has 0 saturated carbocycles. The molecule has 0 spiro atoms. The van der Waals surface area contributed by atoms with Crippen molar-refractivity contribution in [2.45, 2.75) is 63.8 Å². The molecule has 226 valence electrons. The third kappa shape index (κ3) is 7.19. The third-order valence-electron chi connectivity index (χ3n) is 8.70. The standard InChI is InChI=1S/C30H45N5O6/c1-3-4-13-33(14-6-5-12-31)27(37)20-34-19-23(21-7-8-25-22(18-21)11-17-41-25)28(29(38)39)24(34)9-16-35-26(36)10-15-32(2)30(35)40/h7-8,18,23-24,28H,3-6,9-17,19-20,31H2,1-2H3,(H,38,39)/t23-,24+,28?/m1/s1. The van der Waals surface area contributed by atoms with Crippen LogP contribution in [-0.2, 0) is 20.8 Å². The molecule has 2 saturated heterocycles. The Bertz CT molecular complexity index is 1110. The summed E-state index contributed by atoms with van der Waals surface area (Å²) in [5.74, 6) is -1.52. The molecule has 0 aromatic heterocycles. The van der Waals surface area contributed by atoms with Crippen molar-refractivity contribution >= 4 is 23.8 Å². The van der Waals surface area contributed by atoms with Crippen LogP contribution in [-0.4, -0.2) is 114 Å². The van der Waals surface area contributed by atoms with E-state index in [0.29, 0.717) is 39.3 Å². The van der Waals surface area contributed by atoms with Crippen LogP contribution in [0.25, 0.3) is 0 Å². The number of urea groups is 1. The maximum absolute atomic E-state index is 13.6. The number of benzene rings is 1. The molecule has 0 bridgehead atoms. The monoisotopic (exact) mass is 571 g/mol. The van der Waals surface area contributed by atoms with Crippen molar-refractivity contribution in [2.24, 2.45) is 11.7 Å². The molecule has 3 aliphatic heterocycles. The Labute approximate surface area is 242 Å². The highest BCUT2D eigenvalue weighted by Gasteiger charge is 2.48. The predicted octanol–water partition coefficient (Wildman–Crippen LogP) is 2.13. The number of fused-ring (bicyclic) bond motifs is 1. The van der Waals surface area contributed by atoms with Crippen molar-refractivity contribution in [1.29, 1.82) is 0 Å². The fourth-order valence-corrected chi connectivity index (χ4v) is 6.35. The third-order valence-corrected chi connectivity index (χ3v) is 8.70. The highest BCUT2D eigenvalue weighted by molar-refractivity contribution is 5.96. The van der Waals surface area contributed by atoms with Gasteiger partial charge in [0.15, 0.2) is 0 Å². The molecule has 3 N–H and O–H groups in total. The van der Waals surface area contributed by atoms with Gasteiger partial charge in [-0.05, 0) is 49.4 Å². The maximum atomic E-state index is 13.6. The van der Waals surface area contributed by atoms with Crippen LogP contribution >= 0.6 is 0 Å². The minimum atomic E-state index is -0.939. The van der Waals surface area contributed by atoms with Gasteiger partial charge in [0, 0.05) is 64.6 Å². The van der Waals surface area contributed by atoms with Crippen molar-refractivity contribution in [3.8, 4) is 5.75 Å². The second kappa shape index (κ2) is 14.1. The zero-order valence-electron chi connectivity index (χ0n) is 24.4. The lowest BCUT2D eigenvalue weighted by Crippen LogP contribution is -2.52. The first-order valence-electron chi connectivity index (χ1n) is 15.0. The largest absolute Gasteiger partial charge is 0.493 e. The number of carbonyl (C=O) groups is 4. The van der Waals surface area contributed by atoms with E-state index in [9.17, 15) is 24.3 Å². The van der Waals surface area contributed by atoms with Gasteiger partial charge in [-0.2, -0.15) is 0 Å². The molecular formula is C30H45N5O6. The number of aliphatic carboxylic acids is 1. The van der Waals surface area contributed by atoms with Crippen LogP contribution in [0, 0.1) is 5.92 Å². The van der Waals surface area contributed by atoms with Gasteiger partial charge in [0.1, 0.15) is 5.75 Å². The molecule has 1 aromatic carbocycles. The van der Waals surface area contributed by atoms with Crippen LogP contribution in [0.1, 0.15) is 62.5 Å². The molecule has 41 heavy (non-hydrogen) atoms. The normalized spacial score (nSPS) is 22.7. The summed E-state index contributed by atoms with van der Waals surface area (Å²) in [6.45, 7) is 5.52. The van der Waals surface area contributed by atoms with Gasteiger partial charge in [-0.3, -0.25) is 24.2 Å². The minimum absolute atomic E-state index is 0.0301. The minimum Gasteiger partial charge on any atom is -0.493 e. The van der Waals surface area contributed by atoms with Gasteiger partial charge >= 0.3 is 12.0 Å². The second-order valence-electron chi connectivity index (χ2n) is 11.5. The van der Waals surface area contributed by atoms with Gasteiger partial charge < -0.3 is 25.4 Å². The lowest BCUT2D eigenvalue weighted by molar-refractivity contribution is -0.144. The number of nitrogens with zero attached hydrogens (tertiary/aromatic N) is 4. The van der Waals surface area contributed by atoms with Gasteiger partial charge in [0.05, 0.1) is 19.1 Å². The Balaban J connectivity index is 1.59. The first-order valence-corrected chi connectivity index (χ1v) is 15.0. The average molecular weight is 572 g/mol. The van der Waals surface area contributed by atoms with Crippen LogP contribution in [0.3, 0.4) is 0 Å². The van der Waals surface area contributed by atoms with Gasteiger partial charge in [0.2, 0.25) is 11.8 Å². The van der Waals surface area contributed by atoms with Crippen molar-refractivity contribution < 1.29 is 29.0 Å². The fourth-order valence-electron chi connectivity index (χ4n) is 6.35. The molecule has 4 rings (SSSR count). The Kier molecular flexibility index (Phi) is 10.6. The van der Waals surface area contributed by atoms with Crippen molar-refractivity contribution in [3.63, 3.8) is 0 Å². The van der Waals surface area contributed by atoms with Crippen LogP contribution in [0.4, 0.5) is 4.79 Å². The number of likely N-dealkylation sites (tertiary alicyclic amines) is 1. The number of nitrogens with two attached hydrogens (primary N) is 1. The summed E-state index contributed by atoms with van der Waals surface area (Å²) in [5.41, 5.74) is 7.66. The summed E-state index contributed by atoms with van der Waals surface area (Å²) < 4.78 is 5.66. The molecule has 3 aliphatic rings. The fraction of sp³-hybridized carbons (Fsp3) is 0.667. The molecule has 11 nitrogen and oxygen atoms in total. The number of hydrogen-bond acceptors (Lipinski definition) is 7. The molecule has 0 radical (unpaired) electrons. The molecule has 0 aliphatic carbocycles. The topological polar surface area (TPSA) is 137 Å². The Hall–Kier alpha value is -3.18. The molecule has 1 unspecified atom stereocenters. The number of rotatable bonds is 14. The lowest BCUT2D eigenvalue weighted by atomic mass is 9.83. The summed E-state index contributed by atoms with van der Waals surface area (Å²) in [6, 6.07) is 4.99. The zero-order chi connectivity index (χ0) is 29.5. The average Bonchev–Trinajstić information content (AvgIpc) is 3.57. The first kappa shape index (κ1) is 30.8. The maximum Gasteiger partial charge on any atom is 0.326 e. The van der Waals surface area contributed by atoms with E-state index in [-0.39, 0.29) is 49.7 Å². The summed E-state index contributed by atoms with van der Waals surface area (Å²) >= 11 is 0.